The molecule has 0 fully saturated rings. The summed E-state index contributed by atoms with van der Waals surface area (Å²) in [6.07, 6.45) is 4.67. The average Bonchev–Trinajstić information content (AvgIpc) is 3.36. The van der Waals surface area contributed by atoms with Crippen molar-refractivity contribution in [1.82, 2.24) is 15.2 Å². The average molecular weight is 333 g/mol. The second kappa shape index (κ2) is 6.92. The molecule has 0 aliphatic heterocycles. The first-order chi connectivity index (χ1) is 12.4. The van der Waals surface area contributed by atoms with E-state index in [0.717, 1.165) is 34.2 Å². The molecule has 0 radical (unpaired) electrons. The monoisotopic (exact) mass is 333 g/mol. The van der Waals surface area contributed by atoms with E-state index >= 15 is 0 Å². The zero-order valence-electron chi connectivity index (χ0n) is 13.3. The Balaban J connectivity index is 1.37. The highest BCUT2D eigenvalue weighted by atomic mass is 16.5. The van der Waals surface area contributed by atoms with Gasteiger partial charge in [-0.05, 0) is 60.2 Å². The number of rotatable bonds is 6. The summed E-state index contributed by atoms with van der Waals surface area (Å²) >= 11 is 0. The summed E-state index contributed by atoms with van der Waals surface area (Å²) in [6, 6.07) is 17.2. The van der Waals surface area contributed by atoms with Gasteiger partial charge in [-0.3, -0.25) is 5.10 Å². The van der Waals surface area contributed by atoms with Crippen molar-refractivity contribution in [2.24, 2.45) is 0 Å². The van der Waals surface area contributed by atoms with Crippen molar-refractivity contribution in [3.8, 4) is 28.5 Å². The maximum atomic E-state index is 5.85. The zero-order valence-corrected chi connectivity index (χ0v) is 13.3. The number of aromatic amines is 1. The van der Waals surface area contributed by atoms with Crippen LogP contribution in [0.1, 0.15) is 5.69 Å². The van der Waals surface area contributed by atoms with Gasteiger partial charge in [-0.1, -0.05) is 0 Å². The van der Waals surface area contributed by atoms with E-state index in [-0.39, 0.29) is 0 Å². The molecule has 124 valence electrons. The van der Waals surface area contributed by atoms with Crippen molar-refractivity contribution in [1.29, 1.82) is 0 Å². The summed E-state index contributed by atoms with van der Waals surface area (Å²) in [5.74, 6) is 2.24. The van der Waals surface area contributed by atoms with Gasteiger partial charge in [-0.15, -0.1) is 0 Å². The molecule has 1 N–H and O–H groups in total. The van der Waals surface area contributed by atoms with Gasteiger partial charge in [0.15, 0.2) is 6.39 Å². The van der Waals surface area contributed by atoms with Gasteiger partial charge in [0, 0.05) is 6.20 Å². The van der Waals surface area contributed by atoms with Gasteiger partial charge in [0.2, 0.25) is 0 Å². The lowest BCUT2D eigenvalue weighted by Crippen LogP contribution is -1.95. The van der Waals surface area contributed by atoms with Crippen molar-refractivity contribution in [3.63, 3.8) is 0 Å². The van der Waals surface area contributed by atoms with Crippen LogP contribution in [0.15, 0.2) is 77.9 Å². The van der Waals surface area contributed by atoms with E-state index in [9.17, 15) is 0 Å². The summed E-state index contributed by atoms with van der Waals surface area (Å²) in [5.41, 5.74) is 2.78. The molecule has 0 spiro atoms. The highest BCUT2D eigenvalue weighted by Gasteiger charge is 2.02. The third kappa shape index (κ3) is 3.69. The molecular weight excluding hydrogens is 318 g/mol. The Hall–Kier alpha value is -3.54. The molecule has 0 saturated heterocycles. The van der Waals surface area contributed by atoms with Gasteiger partial charge in [0.1, 0.15) is 35.8 Å². The van der Waals surface area contributed by atoms with E-state index in [2.05, 4.69) is 15.2 Å². The summed E-state index contributed by atoms with van der Waals surface area (Å²) in [4.78, 5) is 4.01. The lowest BCUT2D eigenvalue weighted by molar-refractivity contribution is 0.300. The molecule has 0 amide bonds. The Morgan fingerprint density at radius 3 is 2.24 bits per heavy atom. The van der Waals surface area contributed by atoms with Crippen LogP contribution in [0, 0.1) is 0 Å². The molecule has 2 heterocycles. The minimum Gasteiger partial charge on any atom is -0.487 e. The molecule has 0 saturated carbocycles. The van der Waals surface area contributed by atoms with Crippen molar-refractivity contribution >= 4 is 0 Å². The van der Waals surface area contributed by atoms with Crippen LogP contribution in [0.3, 0.4) is 0 Å². The van der Waals surface area contributed by atoms with Crippen molar-refractivity contribution in [3.05, 3.63) is 79.1 Å². The Labute approximate surface area is 144 Å². The molecule has 0 aliphatic carbocycles. The van der Waals surface area contributed by atoms with Gasteiger partial charge in [-0.25, -0.2) is 4.98 Å². The van der Waals surface area contributed by atoms with Crippen LogP contribution >= 0.6 is 0 Å². The normalized spacial score (nSPS) is 10.6. The van der Waals surface area contributed by atoms with Gasteiger partial charge in [0.05, 0.1) is 5.69 Å². The largest absolute Gasteiger partial charge is 0.487 e. The standard InChI is InChI=1S/C19H15N3O3/c1-3-17(4-2-14(1)19-9-10-21-22-19)25-18-7-5-16(6-8-18)24-12-15-11-23-13-20-15/h1-11,13H,12H2,(H,21,22). The van der Waals surface area contributed by atoms with Gasteiger partial charge >= 0.3 is 0 Å². The van der Waals surface area contributed by atoms with Gasteiger partial charge in [-0.2, -0.15) is 5.10 Å². The first-order valence-electron chi connectivity index (χ1n) is 7.74. The SMILES string of the molecule is c1cc(-c2ccc(Oc3ccc(OCc4cocn4)cc3)cc2)[nH]n1. The number of nitrogens with one attached hydrogen (secondary N) is 1. The fourth-order valence-corrected chi connectivity index (χ4v) is 2.33. The number of nitrogens with zero attached hydrogens (tertiary/aromatic N) is 2. The lowest BCUT2D eigenvalue weighted by Gasteiger charge is -2.08. The van der Waals surface area contributed by atoms with E-state index < -0.39 is 0 Å². The minimum atomic E-state index is 0.367. The first-order valence-corrected chi connectivity index (χ1v) is 7.74. The predicted octanol–water partition coefficient (Wildman–Crippen LogP) is 4.44. The van der Waals surface area contributed by atoms with Crippen LogP contribution in [0.2, 0.25) is 0 Å². The Kier molecular flexibility index (Phi) is 4.16. The van der Waals surface area contributed by atoms with E-state index in [0.29, 0.717) is 6.61 Å². The molecule has 4 aromatic rings. The molecule has 0 bridgehead atoms. The van der Waals surface area contributed by atoms with Crippen molar-refractivity contribution in [2.75, 3.05) is 0 Å². The third-order valence-electron chi connectivity index (χ3n) is 3.60. The minimum absolute atomic E-state index is 0.367. The summed E-state index contributed by atoms with van der Waals surface area (Å²) in [6.45, 7) is 0.367. The molecule has 6 nitrogen and oxygen atoms in total. The molecule has 2 aromatic heterocycles. The number of H-pyrrole nitrogens is 1. The smallest absolute Gasteiger partial charge is 0.180 e. The van der Waals surface area contributed by atoms with E-state index in [4.69, 9.17) is 13.9 Å². The first kappa shape index (κ1) is 15.0. The topological polar surface area (TPSA) is 73.2 Å². The highest BCUT2D eigenvalue weighted by molar-refractivity contribution is 5.59. The summed E-state index contributed by atoms with van der Waals surface area (Å²) in [7, 11) is 0. The molecule has 6 heteroatoms. The molecule has 25 heavy (non-hydrogen) atoms. The molecule has 0 aliphatic rings. The van der Waals surface area contributed by atoms with E-state index in [1.807, 2.05) is 54.6 Å². The van der Waals surface area contributed by atoms with Gasteiger partial charge < -0.3 is 13.9 Å². The molecule has 0 atom stereocenters. The Morgan fingerprint density at radius 2 is 1.60 bits per heavy atom. The van der Waals surface area contributed by atoms with Crippen LogP contribution < -0.4 is 9.47 Å². The Bertz CT molecular complexity index is 900. The van der Waals surface area contributed by atoms with Crippen molar-refractivity contribution < 1.29 is 13.9 Å². The fourth-order valence-electron chi connectivity index (χ4n) is 2.33. The fraction of sp³-hybridized carbons (Fsp3) is 0.0526. The van der Waals surface area contributed by atoms with Crippen LogP contribution in [-0.2, 0) is 6.61 Å². The number of hydrogen-bond acceptors (Lipinski definition) is 5. The van der Waals surface area contributed by atoms with E-state index in [1.54, 1.807) is 12.5 Å². The second-order valence-corrected chi connectivity index (χ2v) is 5.34. The molecule has 4 rings (SSSR count). The molecule has 2 aromatic carbocycles. The number of oxazole rings is 1. The van der Waals surface area contributed by atoms with Gasteiger partial charge in [0.25, 0.3) is 0 Å². The quantitative estimate of drug-likeness (QED) is 0.565. The summed E-state index contributed by atoms with van der Waals surface area (Å²) < 4.78 is 16.4. The third-order valence-corrected chi connectivity index (χ3v) is 3.60. The molecular formula is C19H15N3O3. The lowest BCUT2D eigenvalue weighted by atomic mass is 10.1. The maximum Gasteiger partial charge on any atom is 0.180 e. The Morgan fingerprint density at radius 1 is 0.880 bits per heavy atom. The number of aromatic nitrogens is 3. The molecule has 0 unspecified atom stereocenters. The zero-order chi connectivity index (χ0) is 16.9. The van der Waals surface area contributed by atoms with Crippen LogP contribution in [0.4, 0.5) is 0 Å². The number of ether oxygens (including phenoxy) is 2. The number of hydrogen-bond donors (Lipinski definition) is 1. The number of benzene rings is 2. The summed E-state index contributed by atoms with van der Waals surface area (Å²) in [5, 5.41) is 6.89. The van der Waals surface area contributed by atoms with Crippen LogP contribution in [0.25, 0.3) is 11.3 Å². The second-order valence-electron chi connectivity index (χ2n) is 5.34. The predicted molar refractivity (Wildman–Crippen MR) is 91.4 cm³/mol. The van der Waals surface area contributed by atoms with E-state index in [1.165, 1.54) is 6.39 Å². The maximum absolute atomic E-state index is 5.85. The van der Waals surface area contributed by atoms with Crippen LogP contribution in [0.5, 0.6) is 17.2 Å². The highest BCUT2D eigenvalue weighted by Crippen LogP contribution is 2.26. The van der Waals surface area contributed by atoms with Crippen LogP contribution in [-0.4, -0.2) is 15.2 Å². The van der Waals surface area contributed by atoms with Crippen molar-refractivity contribution in [2.45, 2.75) is 6.61 Å².